The van der Waals surface area contributed by atoms with Crippen LogP contribution in [0.25, 0.3) is 0 Å². The number of ether oxygens (including phenoxy) is 2. The largest absolute Gasteiger partial charge is 0.497 e. The molecule has 0 aromatic heterocycles. The lowest BCUT2D eigenvalue weighted by atomic mass is 9.87. The summed E-state index contributed by atoms with van der Waals surface area (Å²) >= 11 is 0. The molecular weight excluding hydrogens is 408 g/mol. The van der Waals surface area contributed by atoms with Crippen LogP contribution in [0, 0.1) is 0 Å². The number of rotatable bonds is 5. The van der Waals surface area contributed by atoms with E-state index in [1.807, 2.05) is 17.0 Å². The van der Waals surface area contributed by atoms with Crippen LogP contribution in [0.4, 0.5) is 11.4 Å². The molecule has 0 saturated heterocycles. The van der Waals surface area contributed by atoms with Gasteiger partial charge in [0.15, 0.2) is 0 Å². The number of nitrogens with zero attached hydrogens (tertiary/aromatic N) is 3. The van der Waals surface area contributed by atoms with Gasteiger partial charge in [-0.05, 0) is 62.1 Å². The lowest BCUT2D eigenvalue weighted by molar-refractivity contribution is 0.102. The third-order valence-corrected chi connectivity index (χ3v) is 5.90. The second kappa shape index (κ2) is 8.78. The summed E-state index contributed by atoms with van der Waals surface area (Å²) < 4.78 is 10.7. The number of guanidine groups is 2. The molecule has 1 aliphatic carbocycles. The molecule has 2 aliphatic rings. The number of hydrogen-bond acceptors (Lipinski definition) is 8. The third-order valence-electron chi connectivity index (χ3n) is 5.90. The summed E-state index contributed by atoms with van der Waals surface area (Å²) in [4.78, 5) is 23.5. The van der Waals surface area contributed by atoms with E-state index in [1.54, 1.807) is 44.6 Å². The highest BCUT2D eigenvalue weighted by Gasteiger charge is 2.42. The monoisotopic (exact) mass is 436 g/mol. The fraction of sp³-hybridized carbons (Fsp3) is 0.348. The Morgan fingerprint density at radius 3 is 2.41 bits per heavy atom. The number of benzene rings is 2. The maximum Gasteiger partial charge on any atom is 0.255 e. The van der Waals surface area contributed by atoms with Gasteiger partial charge in [0.05, 0.1) is 25.6 Å². The van der Waals surface area contributed by atoms with Crippen LogP contribution < -0.4 is 31.2 Å². The van der Waals surface area contributed by atoms with Crippen molar-refractivity contribution in [3.05, 3.63) is 48.0 Å². The number of aliphatic imine (C=N–C) groups is 2. The van der Waals surface area contributed by atoms with Crippen molar-refractivity contribution in [2.45, 2.75) is 37.8 Å². The van der Waals surface area contributed by atoms with Crippen molar-refractivity contribution >= 4 is 29.2 Å². The zero-order chi connectivity index (χ0) is 22.7. The fourth-order valence-corrected chi connectivity index (χ4v) is 4.35. The lowest BCUT2D eigenvalue weighted by Gasteiger charge is -2.45. The summed E-state index contributed by atoms with van der Waals surface area (Å²) in [7, 11) is 3.14. The highest BCUT2D eigenvalue weighted by atomic mass is 16.5. The minimum absolute atomic E-state index is 0.205. The smallest absolute Gasteiger partial charge is 0.255 e. The summed E-state index contributed by atoms with van der Waals surface area (Å²) in [6.07, 6.45) is 4.90. The van der Waals surface area contributed by atoms with Crippen molar-refractivity contribution in [2.24, 2.45) is 21.5 Å². The molecule has 0 atom stereocenters. The van der Waals surface area contributed by atoms with Gasteiger partial charge in [0.1, 0.15) is 17.2 Å². The molecule has 9 heteroatoms. The van der Waals surface area contributed by atoms with Crippen LogP contribution in [0.1, 0.15) is 42.5 Å². The molecule has 1 saturated carbocycles. The van der Waals surface area contributed by atoms with Crippen LogP contribution in [0.3, 0.4) is 0 Å². The quantitative estimate of drug-likeness (QED) is 0.661. The molecule has 1 spiro atoms. The number of hydrogen-bond donors (Lipinski definition) is 3. The van der Waals surface area contributed by atoms with Crippen molar-refractivity contribution in [1.82, 2.24) is 0 Å². The van der Waals surface area contributed by atoms with Gasteiger partial charge in [-0.1, -0.05) is 6.42 Å². The number of methoxy groups -OCH3 is 2. The van der Waals surface area contributed by atoms with Gasteiger partial charge in [-0.15, -0.1) is 0 Å². The Morgan fingerprint density at radius 1 is 1.03 bits per heavy atom. The minimum atomic E-state index is -0.549. The summed E-state index contributed by atoms with van der Waals surface area (Å²) in [6.45, 7) is 0. The fourth-order valence-electron chi connectivity index (χ4n) is 4.35. The normalized spacial score (nSPS) is 17.4. The van der Waals surface area contributed by atoms with Crippen molar-refractivity contribution in [1.29, 1.82) is 0 Å². The molecule has 32 heavy (non-hydrogen) atoms. The molecule has 2 aromatic carbocycles. The van der Waals surface area contributed by atoms with Crippen molar-refractivity contribution in [3.63, 3.8) is 0 Å². The molecular formula is C23H28N6O3. The van der Waals surface area contributed by atoms with Gasteiger partial charge in [0.2, 0.25) is 11.9 Å². The van der Waals surface area contributed by atoms with Crippen LogP contribution in [0.15, 0.2) is 52.4 Å². The summed E-state index contributed by atoms with van der Waals surface area (Å²) in [6, 6.07) is 12.4. The van der Waals surface area contributed by atoms with Gasteiger partial charge in [0.25, 0.3) is 5.91 Å². The van der Waals surface area contributed by atoms with Gasteiger partial charge < -0.3 is 26.3 Å². The van der Waals surface area contributed by atoms with Crippen molar-refractivity contribution in [3.8, 4) is 11.5 Å². The number of anilines is 2. The second-order valence-corrected chi connectivity index (χ2v) is 7.89. The van der Waals surface area contributed by atoms with E-state index < -0.39 is 5.66 Å². The van der Waals surface area contributed by atoms with E-state index in [4.69, 9.17) is 25.9 Å². The molecule has 0 bridgehead atoms. The third kappa shape index (κ3) is 4.05. The van der Waals surface area contributed by atoms with E-state index in [2.05, 4.69) is 10.3 Å². The zero-order valence-electron chi connectivity index (χ0n) is 18.3. The van der Waals surface area contributed by atoms with Gasteiger partial charge in [0, 0.05) is 11.6 Å². The average molecular weight is 437 g/mol. The average Bonchev–Trinajstić information content (AvgIpc) is 2.79. The number of carbonyl (C=O) groups is 1. The molecule has 2 aromatic rings. The lowest BCUT2D eigenvalue weighted by Crippen LogP contribution is -2.58. The second-order valence-electron chi connectivity index (χ2n) is 7.89. The molecule has 1 amide bonds. The van der Waals surface area contributed by atoms with Crippen LogP contribution in [-0.4, -0.2) is 37.7 Å². The molecule has 1 aliphatic heterocycles. The van der Waals surface area contributed by atoms with E-state index >= 15 is 0 Å². The molecule has 0 radical (unpaired) electrons. The predicted molar refractivity (Wildman–Crippen MR) is 125 cm³/mol. The Kier molecular flexibility index (Phi) is 5.89. The number of nitrogens with one attached hydrogen (secondary N) is 1. The molecule has 5 N–H and O–H groups in total. The molecule has 0 unspecified atom stereocenters. The maximum atomic E-state index is 12.7. The van der Waals surface area contributed by atoms with Crippen LogP contribution in [0.2, 0.25) is 0 Å². The summed E-state index contributed by atoms with van der Waals surface area (Å²) in [5, 5.41) is 2.90. The SMILES string of the molecule is COc1ccc(C(=O)Nc2ccc(N3C(N)=NC(N)=NC34CCCCC4)cc2OC)cc1. The van der Waals surface area contributed by atoms with E-state index in [9.17, 15) is 4.79 Å². The van der Waals surface area contributed by atoms with E-state index in [0.29, 0.717) is 28.7 Å². The van der Waals surface area contributed by atoms with Gasteiger partial charge in [-0.25, -0.2) is 4.99 Å². The first kappa shape index (κ1) is 21.5. The van der Waals surface area contributed by atoms with Gasteiger partial charge >= 0.3 is 0 Å². The van der Waals surface area contributed by atoms with Crippen molar-refractivity contribution < 1.29 is 14.3 Å². The molecule has 168 valence electrons. The zero-order valence-corrected chi connectivity index (χ0v) is 18.3. The maximum absolute atomic E-state index is 12.7. The Morgan fingerprint density at radius 2 is 1.75 bits per heavy atom. The number of carbonyl (C=O) groups excluding carboxylic acids is 1. The van der Waals surface area contributed by atoms with Gasteiger partial charge in [-0.3, -0.25) is 9.69 Å². The standard InChI is InChI=1S/C23H28N6O3/c1-31-17-9-6-15(7-10-17)20(30)26-18-11-8-16(14-19(18)32-2)29-22(25)27-21(24)28-23(29)12-4-3-5-13-23/h6-11,14H,3-5,12-13H2,1-2H3,(H,26,30)(H4,24,25,27,28). The van der Waals surface area contributed by atoms with E-state index in [0.717, 1.165) is 37.8 Å². The Hall–Kier alpha value is -3.75. The van der Waals surface area contributed by atoms with Crippen LogP contribution in [-0.2, 0) is 0 Å². The molecule has 1 fully saturated rings. The number of nitrogens with two attached hydrogens (primary N) is 2. The predicted octanol–water partition coefficient (Wildman–Crippen LogP) is 3.07. The topological polar surface area (TPSA) is 128 Å². The first-order chi connectivity index (χ1) is 15.5. The van der Waals surface area contributed by atoms with Gasteiger partial charge in [-0.2, -0.15) is 4.99 Å². The highest BCUT2D eigenvalue weighted by molar-refractivity contribution is 6.07. The Labute approximate surface area is 187 Å². The summed E-state index contributed by atoms with van der Waals surface area (Å²) in [5.74, 6) is 1.45. The summed E-state index contributed by atoms with van der Waals surface area (Å²) in [5.41, 5.74) is 13.6. The molecule has 1 heterocycles. The first-order valence-corrected chi connectivity index (χ1v) is 10.6. The molecule has 9 nitrogen and oxygen atoms in total. The minimum Gasteiger partial charge on any atom is -0.497 e. The Balaban J connectivity index is 1.62. The van der Waals surface area contributed by atoms with Crippen LogP contribution in [0.5, 0.6) is 11.5 Å². The highest BCUT2D eigenvalue weighted by Crippen LogP contribution is 2.41. The first-order valence-electron chi connectivity index (χ1n) is 10.6. The van der Waals surface area contributed by atoms with Crippen molar-refractivity contribution in [2.75, 3.05) is 24.4 Å². The number of amides is 1. The van der Waals surface area contributed by atoms with Crippen LogP contribution >= 0.6 is 0 Å². The van der Waals surface area contributed by atoms with E-state index in [1.165, 1.54) is 0 Å². The van der Waals surface area contributed by atoms with E-state index in [-0.39, 0.29) is 11.9 Å². The Bertz CT molecular complexity index is 1060. The molecule has 4 rings (SSSR count).